The van der Waals surface area contributed by atoms with Crippen molar-refractivity contribution in [1.29, 1.82) is 0 Å². The molecule has 20 heavy (non-hydrogen) atoms. The Balaban J connectivity index is 2.06. The van der Waals surface area contributed by atoms with Crippen LogP contribution in [-0.4, -0.2) is 25.7 Å². The number of aromatic nitrogens is 3. The lowest BCUT2D eigenvalue weighted by molar-refractivity contribution is -0.384. The third-order valence-electron chi connectivity index (χ3n) is 2.84. The van der Waals surface area contributed by atoms with Gasteiger partial charge in [0, 0.05) is 18.2 Å². The van der Waals surface area contributed by atoms with Gasteiger partial charge in [0.1, 0.15) is 12.2 Å². The van der Waals surface area contributed by atoms with Gasteiger partial charge in [0.15, 0.2) is 0 Å². The van der Waals surface area contributed by atoms with Crippen LogP contribution in [-0.2, 0) is 13.1 Å². The monoisotopic (exact) mass is 275 g/mol. The summed E-state index contributed by atoms with van der Waals surface area (Å²) >= 11 is 0. The Bertz CT molecular complexity index is 577. The summed E-state index contributed by atoms with van der Waals surface area (Å²) in [5, 5.41) is 18.1. The highest BCUT2D eigenvalue weighted by Gasteiger charge is 2.08. The van der Waals surface area contributed by atoms with E-state index in [1.165, 1.54) is 18.5 Å². The van der Waals surface area contributed by atoms with Crippen LogP contribution >= 0.6 is 0 Å². The number of non-ortho nitro benzene ring substituents is 1. The standard InChI is InChI=1S/C13H17N5O2/c1-10(2)14-7-13-15-9-16-17(13)8-11-3-5-12(6-4-11)18(19)20/h3-6,9-10,14H,7-8H2,1-2H3. The van der Waals surface area contributed by atoms with Crippen molar-refractivity contribution in [2.75, 3.05) is 0 Å². The lowest BCUT2D eigenvalue weighted by atomic mass is 10.2. The summed E-state index contributed by atoms with van der Waals surface area (Å²) < 4.78 is 1.79. The lowest BCUT2D eigenvalue weighted by Gasteiger charge is -2.09. The summed E-state index contributed by atoms with van der Waals surface area (Å²) in [5.41, 5.74) is 1.04. The largest absolute Gasteiger partial charge is 0.308 e. The fourth-order valence-electron chi connectivity index (χ4n) is 1.75. The molecule has 0 unspecified atom stereocenters. The lowest BCUT2D eigenvalue weighted by Crippen LogP contribution is -2.24. The number of benzene rings is 1. The van der Waals surface area contributed by atoms with Gasteiger partial charge < -0.3 is 5.32 Å². The van der Waals surface area contributed by atoms with Crippen molar-refractivity contribution in [2.24, 2.45) is 0 Å². The van der Waals surface area contributed by atoms with Crippen LogP contribution in [0, 0.1) is 10.1 Å². The zero-order chi connectivity index (χ0) is 14.5. The van der Waals surface area contributed by atoms with Crippen molar-refractivity contribution in [3.63, 3.8) is 0 Å². The first kappa shape index (κ1) is 14.1. The van der Waals surface area contributed by atoms with Crippen LogP contribution in [0.1, 0.15) is 25.2 Å². The topological polar surface area (TPSA) is 85.9 Å². The fourth-order valence-corrected chi connectivity index (χ4v) is 1.75. The summed E-state index contributed by atoms with van der Waals surface area (Å²) in [4.78, 5) is 14.4. The fraction of sp³-hybridized carbons (Fsp3) is 0.385. The Kier molecular flexibility index (Phi) is 4.41. The number of nitrogens with one attached hydrogen (secondary N) is 1. The van der Waals surface area contributed by atoms with E-state index in [-0.39, 0.29) is 5.69 Å². The molecule has 0 amide bonds. The van der Waals surface area contributed by atoms with Crippen molar-refractivity contribution in [2.45, 2.75) is 33.0 Å². The summed E-state index contributed by atoms with van der Waals surface area (Å²) in [5.74, 6) is 0.844. The van der Waals surface area contributed by atoms with Gasteiger partial charge in [-0.3, -0.25) is 10.1 Å². The molecule has 106 valence electrons. The smallest absolute Gasteiger partial charge is 0.269 e. The van der Waals surface area contributed by atoms with Gasteiger partial charge in [-0.2, -0.15) is 5.10 Å². The summed E-state index contributed by atoms with van der Waals surface area (Å²) in [6.45, 7) is 5.33. The summed E-state index contributed by atoms with van der Waals surface area (Å²) in [6, 6.07) is 6.84. The highest BCUT2D eigenvalue weighted by Crippen LogP contribution is 2.13. The maximum Gasteiger partial charge on any atom is 0.269 e. The van der Waals surface area contributed by atoms with E-state index < -0.39 is 4.92 Å². The number of nitro benzene ring substituents is 1. The predicted octanol–water partition coefficient (Wildman–Crippen LogP) is 1.73. The minimum Gasteiger partial charge on any atom is -0.308 e. The molecule has 0 aliphatic heterocycles. The Morgan fingerprint density at radius 1 is 1.35 bits per heavy atom. The maximum atomic E-state index is 10.6. The van der Waals surface area contributed by atoms with Gasteiger partial charge in [-0.05, 0) is 5.56 Å². The van der Waals surface area contributed by atoms with Crippen LogP contribution in [0.3, 0.4) is 0 Å². The van der Waals surface area contributed by atoms with Gasteiger partial charge in [-0.25, -0.2) is 9.67 Å². The molecule has 7 heteroatoms. The highest BCUT2D eigenvalue weighted by molar-refractivity contribution is 5.32. The van der Waals surface area contributed by atoms with Crippen molar-refractivity contribution >= 4 is 5.69 Å². The second-order valence-corrected chi connectivity index (χ2v) is 4.79. The van der Waals surface area contributed by atoms with Crippen molar-refractivity contribution in [1.82, 2.24) is 20.1 Å². The maximum absolute atomic E-state index is 10.6. The molecule has 0 spiro atoms. The molecule has 0 saturated heterocycles. The van der Waals surface area contributed by atoms with Crippen molar-refractivity contribution in [3.8, 4) is 0 Å². The quantitative estimate of drug-likeness (QED) is 0.641. The molecular formula is C13H17N5O2. The molecule has 0 saturated carbocycles. The van der Waals surface area contributed by atoms with Crippen molar-refractivity contribution in [3.05, 3.63) is 52.1 Å². The molecule has 0 atom stereocenters. The average Bonchev–Trinajstić information content (AvgIpc) is 2.84. The number of hydrogen-bond acceptors (Lipinski definition) is 5. The van der Waals surface area contributed by atoms with Crippen LogP contribution in [0.2, 0.25) is 0 Å². The minimum absolute atomic E-state index is 0.0917. The highest BCUT2D eigenvalue weighted by atomic mass is 16.6. The van der Waals surface area contributed by atoms with Crippen LogP contribution in [0.15, 0.2) is 30.6 Å². The molecule has 1 aromatic carbocycles. The third-order valence-corrected chi connectivity index (χ3v) is 2.84. The van der Waals surface area contributed by atoms with Gasteiger partial charge in [-0.1, -0.05) is 26.0 Å². The Hall–Kier alpha value is -2.28. The molecule has 0 radical (unpaired) electrons. The first-order valence-corrected chi connectivity index (χ1v) is 6.39. The molecule has 0 fully saturated rings. The SMILES string of the molecule is CC(C)NCc1ncnn1Cc1ccc([N+](=O)[O-])cc1. The van der Waals surface area contributed by atoms with E-state index in [9.17, 15) is 10.1 Å². The summed E-state index contributed by atoms with van der Waals surface area (Å²) in [6.07, 6.45) is 1.52. The average molecular weight is 275 g/mol. The molecule has 2 aromatic rings. The van der Waals surface area contributed by atoms with Gasteiger partial charge in [0.25, 0.3) is 5.69 Å². The van der Waals surface area contributed by atoms with Crippen molar-refractivity contribution < 1.29 is 4.92 Å². The molecule has 1 N–H and O–H groups in total. The molecule has 1 aromatic heterocycles. The van der Waals surface area contributed by atoms with E-state index in [1.54, 1.807) is 16.8 Å². The van der Waals surface area contributed by atoms with E-state index in [4.69, 9.17) is 0 Å². The molecule has 0 bridgehead atoms. The van der Waals surface area contributed by atoms with Gasteiger partial charge in [0.2, 0.25) is 0 Å². The Labute approximate surface area is 116 Å². The zero-order valence-electron chi connectivity index (χ0n) is 11.5. The molecule has 1 heterocycles. The van der Waals surface area contributed by atoms with Crippen LogP contribution in [0.25, 0.3) is 0 Å². The molecule has 2 rings (SSSR count). The second kappa shape index (κ2) is 6.25. The molecule has 0 aliphatic rings. The van der Waals surface area contributed by atoms with Crippen LogP contribution in [0.4, 0.5) is 5.69 Å². The van der Waals surface area contributed by atoms with E-state index in [0.717, 1.165) is 11.4 Å². The first-order chi connectivity index (χ1) is 9.56. The predicted molar refractivity (Wildman–Crippen MR) is 74.2 cm³/mol. The van der Waals surface area contributed by atoms with E-state index in [0.29, 0.717) is 19.1 Å². The van der Waals surface area contributed by atoms with E-state index in [2.05, 4.69) is 29.2 Å². The minimum atomic E-state index is -0.406. The van der Waals surface area contributed by atoms with Gasteiger partial charge in [-0.15, -0.1) is 0 Å². The first-order valence-electron chi connectivity index (χ1n) is 6.39. The third kappa shape index (κ3) is 3.61. The molecule has 0 aliphatic carbocycles. The second-order valence-electron chi connectivity index (χ2n) is 4.79. The Morgan fingerprint density at radius 3 is 2.65 bits per heavy atom. The Morgan fingerprint density at radius 2 is 2.05 bits per heavy atom. The normalized spacial score (nSPS) is 10.9. The number of hydrogen-bond donors (Lipinski definition) is 1. The zero-order valence-corrected chi connectivity index (χ0v) is 11.5. The summed E-state index contributed by atoms with van der Waals surface area (Å²) in [7, 11) is 0. The van der Waals surface area contributed by atoms with E-state index >= 15 is 0 Å². The van der Waals surface area contributed by atoms with Crippen LogP contribution < -0.4 is 5.32 Å². The number of nitro groups is 1. The number of rotatable bonds is 6. The molecule has 7 nitrogen and oxygen atoms in total. The molecular weight excluding hydrogens is 258 g/mol. The van der Waals surface area contributed by atoms with E-state index in [1.807, 2.05) is 0 Å². The van der Waals surface area contributed by atoms with Gasteiger partial charge >= 0.3 is 0 Å². The van der Waals surface area contributed by atoms with Crippen LogP contribution in [0.5, 0.6) is 0 Å². The number of nitrogens with zero attached hydrogens (tertiary/aromatic N) is 4. The van der Waals surface area contributed by atoms with Gasteiger partial charge in [0.05, 0.1) is 18.0 Å².